The fraction of sp³-hybridized carbons (Fsp3) is 0.320. The van der Waals surface area contributed by atoms with Crippen molar-refractivity contribution in [2.24, 2.45) is 0 Å². The molecule has 0 radical (unpaired) electrons. The van der Waals surface area contributed by atoms with Gasteiger partial charge >= 0.3 is 0 Å². The summed E-state index contributed by atoms with van der Waals surface area (Å²) in [7, 11) is 0. The van der Waals surface area contributed by atoms with Crippen molar-refractivity contribution in [1.29, 1.82) is 0 Å². The van der Waals surface area contributed by atoms with Crippen LogP contribution in [0, 0.1) is 6.92 Å². The van der Waals surface area contributed by atoms with Crippen molar-refractivity contribution in [3.8, 4) is 0 Å². The summed E-state index contributed by atoms with van der Waals surface area (Å²) in [4.78, 5) is 4.06. The molecule has 4 heteroatoms. The van der Waals surface area contributed by atoms with Crippen LogP contribution >= 0.6 is 0 Å². The van der Waals surface area contributed by atoms with Crippen LogP contribution in [0.1, 0.15) is 48.8 Å². The third-order valence-corrected chi connectivity index (χ3v) is 5.72. The Balaban J connectivity index is 1.36. The van der Waals surface area contributed by atoms with Crippen molar-refractivity contribution in [2.45, 2.75) is 39.0 Å². The Morgan fingerprint density at radius 1 is 1.07 bits per heavy atom. The van der Waals surface area contributed by atoms with Gasteiger partial charge in [-0.2, -0.15) is 0 Å². The molecule has 1 aliphatic heterocycles. The molecule has 0 amide bonds. The van der Waals surface area contributed by atoms with E-state index in [1.165, 1.54) is 28.1 Å². The smallest absolute Gasteiger partial charge is 0.0415 e. The van der Waals surface area contributed by atoms with Crippen molar-refractivity contribution in [3.05, 3.63) is 77.6 Å². The van der Waals surface area contributed by atoms with Gasteiger partial charge in [-0.05, 0) is 66.3 Å². The number of benzene rings is 2. The van der Waals surface area contributed by atoms with Crippen LogP contribution in [-0.4, -0.2) is 18.1 Å². The molecule has 150 valence electrons. The molecule has 1 aliphatic rings. The molecule has 0 bridgehead atoms. The lowest BCUT2D eigenvalue weighted by molar-refractivity contribution is 0.700. The summed E-state index contributed by atoms with van der Waals surface area (Å²) in [6.07, 6.45) is 4.72. The maximum atomic E-state index is 4.06. The minimum absolute atomic E-state index is 0.552. The predicted octanol–water partition coefficient (Wildman–Crippen LogP) is 6.27. The minimum atomic E-state index is 0.552. The number of hydrogen-bond acceptors (Lipinski definition) is 4. The van der Waals surface area contributed by atoms with Crippen LogP contribution in [0.15, 0.2) is 60.9 Å². The average Bonchev–Trinajstić information content (AvgIpc) is 3.13. The summed E-state index contributed by atoms with van der Waals surface area (Å²) in [6, 6.07) is 17.2. The molecular formula is C25H30N4. The van der Waals surface area contributed by atoms with Crippen molar-refractivity contribution < 1.29 is 0 Å². The van der Waals surface area contributed by atoms with Gasteiger partial charge in [-0.1, -0.05) is 32.0 Å². The molecule has 0 saturated carbocycles. The molecule has 2 heterocycles. The topological polar surface area (TPSA) is 49.0 Å². The molecule has 0 spiro atoms. The number of pyridine rings is 1. The van der Waals surface area contributed by atoms with Crippen molar-refractivity contribution in [1.82, 2.24) is 4.98 Å². The number of aromatic nitrogens is 1. The first-order chi connectivity index (χ1) is 14.1. The molecule has 4 rings (SSSR count). The predicted molar refractivity (Wildman–Crippen MR) is 124 cm³/mol. The normalized spacial score (nSPS) is 15.1. The highest BCUT2D eigenvalue weighted by molar-refractivity contribution is 5.66. The van der Waals surface area contributed by atoms with Gasteiger partial charge in [-0.25, -0.2) is 0 Å². The highest BCUT2D eigenvalue weighted by Crippen LogP contribution is 2.38. The standard InChI is InChI=1S/C25H30N4/c1-17(2)22-5-4-6-23-19(16-28-25(22)23)9-14-27-24-8-7-21(15-18(24)3)29-20-10-12-26-13-11-20/h4-8,10-13,15,17,19,27-28H,9,14,16H2,1-3H3,(H,26,29). The van der Waals surface area contributed by atoms with E-state index in [0.717, 1.165) is 30.9 Å². The summed E-state index contributed by atoms with van der Waals surface area (Å²) < 4.78 is 0. The van der Waals surface area contributed by atoms with E-state index in [-0.39, 0.29) is 0 Å². The molecule has 3 aromatic rings. The Bertz CT molecular complexity index is 966. The zero-order chi connectivity index (χ0) is 20.2. The second-order valence-electron chi connectivity index (χ2n) is 8.15. The molecule has 29 heavy (non-hydrogen) atoms. The fourth-order valence-electron chi connectivity index (χ4n) is 4.13. The average molecular weight is 387 g/mol. The molecule has 1 aromatic heterocycles. The highest BCUT2D eigenvalue weighted by Gasteiger charge is 2.24. The lowest BCUT2D eigenvalue weighted by atomic mass is 9.93. The van der Waals surface area contributed by atoms with Gasteiger partial charge in [0, 0.05) is 54.2 Å². The molecule has 0 saturated heterocycles. The second kappa shape index (κ2) is 8.56. The van der Waals surface area contributed by atoms with Crippen molar-refractivity contribution in [3.63, 3.8) is 0 Å². The van der Waals surface area contributed by atoms with Gasteiger partial charge in [0.2, 0.25) is 0 Å². The summed E-state index contributed by atoms with van der Waals surface area (Å²) >= 11 is 0. The first-order valence-corrected chi connectivity index (χ1v) is 10.5. The van der Waals surface area contributed by atoms with Crippen LogP contribution in [-0.2, 0) is 0 Å². The molecule has 1 unspecified atom stereocenters. The lowest BCUT2D eigenvalue weighted by Gasteiger charge is -2.15. The van der Waals surface area contributed by atoms with E-state index < -0.39 is 0 Å². The lowest BCUT2D eigenvalue weighted by Crippen LogP contribution is -2.10. The number of para-hydroxylation sites is 1. The Kier molecular flexibility index (Phi) is 5.70. The number of nitrogens with one attached hydrogen (secondary N) is 3. The SMILES string of the molecule is Cc1cc(Nc2ccncc2)ccc1NCCC1CNc2c(C(C)C)cccc21. The van der Waals surface area contributed by atoms with Gasteiger partial charge in [-0.3, -0.25) is 4.98 Å². The number of nitrogens with zero attached hydrogens (tertiary/aromatic N) is 1. The van der Waals surface area contributed by atoms with Crippen LogP contribution in [0.2, 0.25) is 0 Å². The van der Waals surface area contributed by atoms with Crippen molar-refractivity contribution in [2.75, 3.05) is 29.0 Å². The monoisotopic (exact) mass is 386 g/mol. The number of aryl methyl sites for hydroxylation is 1. The van der Waals surface area contributed by atoms with Crippen LogP contribution in [0.5, 0.6) is 0 Å². The first kappa shape index (κ1) is 19.3. The Morgan fingerprint density at radius 3 is 2.66 bits per heavy atom. The van der Waals surface area contributed by atoms with E-state index in [4.69, 9.17) is 0 Å². The first-order valence-electron chi connectivity index (χ1n) is 10.5. The van der Waals surface area contributed by atoms with E-state index in [0.29, 0.717) is 11.8 Å². The van der Waals surface area contributed by atoms with E-state index in [2.05, 4.69) is 78.1 Å². The largest absolute Gasteiger partial charge is 0.385 e. The molecule has 0 aliphatic carbocycles. The molecule has 2 aromatic carbocycles. The Hall–Kier alpha value is -3.01. The minimum Gasteiger partial charge on any atom is -0.385 e. The summed E-state index contributed by atoms with van der Waals surface area (Å²) in [5.41, 5.74) is 8.87. The Morgan fingerprint density at radius 2 is 1.90 bits per heavy atom. The third kappa shape index (κ3) is 4.37. The molecular weight excluding hydrogens is 356 g/mol. The van der Waals surface area contributed by atoms with Crippen LogP contribution in [0.3, 0.4) is 0 Å². The van der Waals surface area contributed by atoms with Gasteiger partial charge in [0.15, 0.2) is 0 Å². The van der Waals surface area contributed by atoms with E-state index in [9.17, 15) is 0 Å². The quantitative estimate of drug-likeness (QED) is 0.448. The summed E-state index contributed by atoms with van der Waals surface area (Å²) in [5, 5.41) is 10.7. The van der Waals surface area contributed by atoms with Crippen molar-refractivity contribution >= 4 is 22.7 Å². The number of rotatable bonds is 7. The van der Waals surface area contributed by atoms with Crippen LogP contribution in [0.25, 0.3) is 0 Å². The van der Waals surface area contributed by atoms with E-state index in [1.807, 2.05) is 12.1 Å². The highest BCUT2D eigenvalue weighted by atomic mass is 14.9. The van der Waals surface area contributed by atoms with E-state index >= 15 is 0 Å². The third-order valence-electron chi connectivity index (χ3n) is 5.72. The maximum absolute atomic E-state index is 4.06. The maximum Gasteiger partial charge on any atom is 0.0415 e. The molecule has 4 nitrogen and oxygen atoms in total. The van der Waals surface area contributed by atoms with E-state index in [1.54, 1.807) is 12.4 Å². The van der Waals surface area contributed by atoms with Crippen LogP contribution in [0.4, 0.5) is 22.7 Å². The van der Waals surface area contributed by atoms with Gasteiger partial charge in [0.25, 0.3) is 0 Å². The summed E-state index contributed by atoms with van der Waals surface area (Å²) in [5.74, 6) is 1.13. The summed E-state index contributed by atoms with van der Waals surface area (Å²) in [6.45, 7) is 8.69. The molecule has 3 N–H and O–H groups in total. The zero-order valence-corrected chi connectivity index (χ0v) is 17.5. The number of hydrogen-bond donors (Lipinski definition) is 3. The van der Waals surface area contributed by atoms with Gasteiger partial charge in [-0.15, -0.1) is 0 Å². The molecule has 0 fully saturated rings. The van der Waals surface area contributed by atoms with Gasteiger partial charge in [0.1, 0.15) is 0 Å². The number of anilines is 4. The van der Waals surface area contributed by atoms with Gasteiger partial charge < -0.3 is 16.0 Å². The van der Waals surface area contributed by atoms with Crippen LogP contribution < -0.4 is 16.0 Å². The fourth-order valence-corrected chi connectivity index (χ4v) is 4.13. The second-order valence-corrected chi connectivity index (χ2v) is 8.15. The number of fused-ring (bicyclic) bond motifs is 1. The van der Waals surface area contributed by atoms with Gasteiger partial charge in [0.05, 0.1) is 0 Å². The molecule has 1 atom stereocenters. The Labute approximate surface area is 173 Å². The zero-order valence-electron chi connectivity index (χ0n) is 17.5.